The molecule has 1 aliphatic heterocycles. The van der Waals surface area contributed by atoms with E-state index in [0.717, 1.165) is 10.2 Å². The van der Waals surface area contributed by atoms with E-state index in [9.17, 15) is 9.59 Å². The highest BCUT2D eigenvalue weighted by molar-refractivity contribution is 7.20. The van der Waals surface area contributed by atoms with Gasteiger partial charge < -0.3 is 14.4 Å². The van der Waals surface area contributed by atoms with Gasteiger partial charge in [-0.05, 0) is 45.7 Å². The fraction of sp³-hybridized carbons (Fsp3) is 0.526. The smallest absolute Gasteiger partial charge is 0.410 e. The van der Waals surface area contributed by atoms with E-state index in [4.69, 9.17) is 9.47 Å². The molecule has 1 fully saturated rings. The van der Waals surface area contributed by atoms with Crippen molar-refractivity contribution in [1.29, 1.82) is 0 Å². The summed E-state index contributed by atoms with van der Waals surface area (Å²) in [4.78, 5) is 31.2. The highest BCUT2D eigenvalue weighted by Crippen LogP contribution is 2.32. The van der Waals surface area contributed by atoms with Gasteiger partial charge in [-0.3, -0.25) is 4.79 Å². The van der Waals surface area contributed by atoms with Gasteiger partial charge in [-0.1, -0.05) is 6.07 Å². The van der Waals surface area contributed by atoms with E-state index >= 15 is 0 Å². The van der Waals surface area contributed by atoms with Gasteiger partial charge in [0.05, 0.1) is 11.8 Å². The van der Waals surface area contributed by atoms with Crippen LogP contribution in [0.2, 0.25) is 0 Å². The Labute approximate surface area is 157 Å². The van der Waals surface area contributed by atoms with Crippen LogP contribution in [0.1, 0.15) is 43.4 Å². The maximum absolute atomic E-state index is 12.8. The first-order valence-electron chi connectivity index (χ1n) is 8.74. The zero-order valence-corrected chi connectivity index (χ0v) is 16.4. The number of rotatable bonds is 3. The summed E-state index contributed by atoms with van der Waals surface area (Å²) in [5, 5.41) is 0.514. The maximum Gasteiger partial charge on any atom is 0.410 e. The van der Waals surface area contributed by atoms with Crippen LogP contribution in [0.5, 0.6) is 5.75 Å². The Bertz CT molecular complexity index is 817. The molecular weight excluding hydrogens is 352 g/mol. The minimum Gasteiger partial charge on any atom is -0.494 e. The average Bonchev–Trinajstić information content (AvgIpc) is 3.04. The molecule has 1 aromatic heterocycles. The number of piperidine rings is 1. The van der Waals surface area contributed by atoms with Crippen molar-refractivity contribution < 1.29 is 19.1 Å². The third-order valence-electron chi connectivity index (χ3n) is 4.33. The van der Waals surface area contributed by atoms with E-state index in [0.29, 0.717) is 36.7 Å². The number of benzene rings is 1. The number of carbonyl (C=O) groups excluding carboxylic acids is 2. The quantitative estimate of drug-likeness (QED) is 0.753. The van der Waals surface area contributed by atoms with Gasteiger partial charge in [0.2, 0.25) is 0 Å². The van der Waals surface area contributed by atoms with Crippen LogP contribution >= 0.6 is 11.3 Å². The number of fused-ring (bicyclic) bond motifs is 1. The highest BCUT2D eigenvalue weighted by atomic mass is 32.1. The lowest BCUT2D eigenvalue weighted by Crippen LogP contribution is -2.43. The molecule has 0 atom stereocenters. The summed E-state index contributed by atoms with van der Waals surface area (Å²) in [5.41, 5.74) is 0.221. The van der Waals surface area contributed by atoms with Gasteiger partial charge in [0.1, 0.15) is 16.9 Å². The van der Waals surface area contributed by atoms with Gasteiger partial charge in [-0.2, -0.15) is 0 Å². The number of nitrogens with zero attached hydrogens (tertiary/aromatic N) is 2. The number of methoxy groups -OCH3 is 1. The van der Waals surface area contributed by atoms with Crippen LogP contribution in [0.4, 0.5) is 4.79 Å². The van der Waals surface area contributed by atoms with E-state index < -0.39 is 5.60 Å². The lowest BCUT2D eigenvalue weighted by Gasteiger charge is -2.32. The molecule has 2 heterocycles. The van der Waals surface area contributed by atoms with Crippen LogP contribution in [0.3, 0.4) is 0 Å². The molecule has 0 saturated carbocycles. The van der Waals surface area contributed by atoms with E-state index in [1.54, 1.807) is 12.0 Å². The van der Waals surface area contributed by atoms with E-state index in [1.807, 2.05) is 39.0 Å². The first kappa shape index (κ1) is 18.6. The predicted octanol–water partition coefficient (Wildman–Crippen LogP) is 4.13. The number of amides is 1. The molecule has 6 nitrogen and oxygen atoms in total. The Morgan fingerprint density at radius 3 is 2.54 bits per heavy atom. The minimum atomic E-state index is -0.510. The average molecular weight is 376 g/mol. The molecule has 0 radical (unpaired) electrons. The predicted molar refractivity (Wildman–Crippen MR) is 101 cm³/mol. The van der Waals surface area contributed by atoms with Gasteiger partial charge in [0.15, 0.2) is 10.8 Å². The van der Waals surface area contributed by atoms with Gasteiger partial charge in [-0.15, -0.1) is 11.3 Å². The molecule has 1 aromatic carbocycles. The normalized spacial score (nSPS) is 15.9. The van der Waals surface area contributed by atoms with E-state index in [2.05, 4.69) is 4.98 Å². The van der Waals surface area contributed by atoms with Crippen LogP contribution in [-0.2, 0) is 4.74 Å². The Balaban J connectivity index is 1.66. The van der Waals surface area contributed by atoms with Gasteiger partial charge in [0, 0.05) is 19.0 Å². The number of carbonyl (C=O) groups is 2. The molecule has 1 aliphatic rings. The number of para-hydroxylation sites is 1. The number of Topliss-reactive ketones (excluding diaryl/α,β-unsaturated/α-hetero) is 1. The summed E-state index contributed by atoms with van der Waals surface area (Å²) < 4.78 is 11.7. The first-order chi connectivity index (χ1) is 12.3. The zero-order valence-electron chi connectivity index (χ0n) is 15.6. The molecule has 1 saturated heterocycles. The second-order valence-electron chi connectivity index (χ2n) is 7.43. The van der Waals surface area contributed by atoms with Crippen molar-refractivity contribution in [2.45, 2.75) is 39.2 Å². The third-order valence-corrected chi connectivity index (χ3v) is 5.37. The van der Waals surface area contributed by atoms with Crippen molar-refractivity contribution in [3.05, 3.63) is 23.2 Å². The Hall–Kier alpha value is -2.15. The van der Waals surface area contributed by atoms with Crippen LogP contribution in [0.25, 0.3) is 10.2 Å². The number of thiazole rings is 1. The molecule has 3 rings (SSSR count). The van der Waals surface area contributed by atoms with Crippen molar-refractivity contribution in [3.8, 4) is 5.75 Å². The van der Waals surface area contributed by atoms with Gasteiger partial charge in [-0.25, -0.2) is 9.78 Å². The number of hydrogen-bond donors (Lipinski definition) is 0. The number of hydrogen-bond acceptors (Lipinski definition) is 6. The Kier molecular flexibility index (Phi) is 5.18. The summed E-state index contributed by atoms with van der Waals surface area (Å²) in [6.07, 6.45) is 0.948. The fourth-order valence-corrected chi connectivity index (χ4v) is 4.02. The van der Waals surface area contributed by atoms with Crippen LogP contribution < -0.4 is 4.74 Å². The maximum atomic E-state index is 12.8. The van der Waals surface area contributed by atoms with Crippen molar-refractivity contribution >= 4 is 33.4 Å². The van der Waals surface area contributed by atoms with Gasteiger partial charge in [0.25, 0.3) is 0 Å². The minimum absolute atomic E-state index is 0.0529. The summed E-state index contributed by atoms with van der Waals surface area (Å²) in [6.45, 7) is 6.60. The summed E-state index contributed by atoms with van der Waals surface area (Å²) in [7, 11) is 1.60. The van der Waals surface area contributed by atoms with E-state index in [-0.39, 0.29) is 17.8 Å². The molecule has 0 spiro atoms. The first-order valence-corrected chi connectivity index (χ1v) is 9.56. The highest BCUT2D eigenvalue weighted by Gasteiger charge is 2.31. The molecule has 0 unspecified atom stereocenters. The standard InChI is InChI=1S/C19H24N2O4S/c1-19(2,3)25-18(23)21-10-8-12(9-11-21)16(22)17-20-15-13(24-4)6-5-7-14(15)26-17/h5-7,12H,8-11H2,1-4H3. The van der Waals surface area contributed by atoms with Gasteiger partial charge >= 0.3 is 6.09 Å². The second-order valence-corrected chi connectivity index (χ2v) is 8.46. The summed E-state index contributed by atoms with van der Waals surface area (Å²) in [5.74, 6) is 0.620. The Morgan fingerprint density at radius 2 is 1.92 bits per heavy atom. The van der Waals surface area contributed by atoms with Crippen LogP contribution in [-0.4, -0.2) is 47.6 Å². The summed E-state index contributed by atoms with van der Waals surface area (Å²) in [6, 6.07) is 5.68. The molecular formula is C19H24N2O4S. The number of ether oxygens (including phenoxy) is 2. The Morgan fingerprint density at radius 1 is 1.23 bits per heavy atom. The molecule has 1 amide bonds. The number of likely N-dealkylation sites (tertiary alicyclic amines) is 1. The molecule has 26 heavy (non-hydrogen) atoms. The van der Waals surface area contributed by atoms with Crippen molar-refractivity contribution in [1.82, 2.24) is 9.88 Å². The molecule has 0 bridgehead atoms. The van der Waals surface area contributed by atoms with Crippen molar-refractivity contribution in [2.24, 2.45) is 5.92 Å². The molecule has 2 aromatic rings. The van der Waals surface area contributed by atoms with Crippen molar-refractivity contribution in [2.75, 3.05) is 20.2 Å². The van der Waals surface area contributed by atoms with Crippen LogP contribution in [0, 0.1) is 5.92 Å². The third kappa shape index (κ3) is 3.98. The molecule has 0 aliphatic carbocycles. The second kappa shape index (κ2) is 7.23. The van der Waals surface area contributed by atoms with Crippen molar-refractivity contribution in [3.63, 3.8) is 0 Å². The summed E-state index contributed by atoms with van der Waals surface area (Å²) >= 11 is 1.40. The zero-order chi connectivity index (χ0) is 18.9. The number of ketones is 1. The number of aromatic nitrogens is 1. The molecule has 7 heteroatoms. The monoisotopic (exact) mass is 376 g/mol. The SMILES string of the molecule is COc1cccc2sc(C(=O)C3CCN(C(=O)OC(C)(C)C)CC3)nc12. The fourth-order valence-electron chi connectivity index (χ4n) is 3.02. The topological polar surface area (TPSA) is 68.7 Å². The van der Waals surface area contributed by atoms with E-state index in [1.165, 1.54) is 11.3 Å². The van der Waals surface area contributed by atoms with Crippen LogP contribution in [0.15, 0.2) is 18.2 Å². The lowest BCUT2D eigenvalue weighted by atomic mass is 9.93. The molecule has 0 N–H and O–H groups in total. The lowest BCUT2D eigenvalue weighted by molar-refractivity contribution is 0.0182. The molecule has 140 valence electrons. The largest absolute Gasteiger partial charge is 0.494 e.